The number of likely N-dealkylation sites (N-methyl/N-ethyl adjacent to an activating group) is 1. The highest BCUT2D eigenvalue weighted by molar-refractivity contribution is 6.31. The minimum Gasteiger partial charge on any atom is -0.497 e. The lowest BCUT2D eigenvalue weighted by atomic mass is 10.1. The lowest BCUT2D eigenvalue weighted by molar-refractivity contribution is -0.140. The van der Waals surface area contributed by atoms with Crippen molar-refractivity contribution in [2.24, 2.45) is 0 Å². The lowest BCUT2D eigenvalue weighted by Gasteiger charge is -2.30. The predicted octanol–water partition coefficient (Wildman–Crippen LogP) is 3.83. The number of hydrogen-bond donors (Lipinski definition) is 1. The first-order valence-corrected chi connectivity index (χ1v) is 9.81. The van der Waals surface area contributed by atoms with Gasteiger partial charge in [0.05, 0.1) is 13.5 Å². The fourth-order valence-corrected chi connectivity index (χ4v) is 3.25. The van der Waals surface area contributed by atoms with Crippen molar-refractivity contribution in [3.8, 4) is 5.75 Å². The Hall–Kier alpha value is -2.53. The zero-order valence-corrected chi connectivity index (χ0v) is 17.3. The summed E-state index contributed by atoms with van der Waals surface area (Å²) in [6.07, 6.45) is 0.669. The molecule has 2 aromatic carbocycles. The number of rotatable bonds is 9. The number of carbonyl (C=O) groups is 2. The minimum absolute atomic E-state index is 0.137. The number of methoxy groups -OCH3 is 1. The largest absolute Gasteiger partial charge is 0.497 e. The first-order chi connectivity index (χ1) is 13.5. The van der Waals surface area contributed by atoms with Gasteiger partial charge in [-0.1, -0.05) is 48.9 Å². The normalized spacial score (nSPS) is 11.6. The molecule has 1 atom stereocenters. The third kappa shape index (κ3) is 5.73. The lowest BCUT2D eigenvalue weighted by Crippen LogP contribution is -2.49. The Morgan fingerprint density at radius 1 is 1.11 bits per heavy atom. The molecule has 0 aliphatic carbocycles. The maximum absolute atomic E-state index is 13.2. The highest BCUT2D eigenvalue weighted by atomic mass is 35.5. The van der Waals surface area contributed by atoms with Crippen molar-refractivity contribution >= 4 is 23.4 Å². The summed E-state index contributed by atoms with van der Waals surface area (Å²) in [5.74, 6) is 0.460. The predicted molar refractivity (Wildman–Crippen MR) is 111 cm³/mol. The highest BCUT2D eigenvalue weighted by Gasteiger charge is 2.28. The Morgan fingerprint density at radius 2 is 1.79 bits per heavy atom. The summed E-state index contributed by atoms with van der Waals surface area (Å²) in [5, 5.41) is 3.38. The average Bonchev–Trinajstić information content (AvgIpc) is 2.70. The third-order valence-corrected chi connectivity index (χ3v) is 4.92. The van der Waals surface area contributed by atoms with Crippen LogP contribution in [0.5, 0.6) is 5.75 Å². The fourth-order valence-electron chi connectivity index (χ4n) is 3.05. The van der Waals surface area contributed by atoms with Gasteiger partial charge in [-0.15, -0.1) is 0 Å². The van der Waals surface area contributed by atoms with Crippen LogP contribution < -0.4 is 10.1 Å². The molecule has 2 aromatic rings. The van der Waals surface area contributed by atoms with Crippen molar-refractivity contribution in [3.05, 3.63) is 64.7 Å². The van der Waals surface area contributed by atoms with Crippen molar-refractivity contribution in [1.82, 2.24) is 10.2 Å². The molecular weight excluding hydrogens is 376 g/mol. The number of nitrogens with zero attached hydrogens (tertiary/aromatic N) is 1. The fraction of sp³-hybridized carbons (Fsp3) is 0.364. The topological polar surface area (TPSA) is 58.6 Å². The monoisotopic (exact) mass is 402 g/mol. The molecule has 0 radical (unpaired) electrons. The minimum atomic E-state index is -0.544. The van der Waals surface area contributed by atoms with Crippen LogP contribution >= 0.6 is 11.6 Å². The first-order valence-electron chi connectivity index (χ1n) is 9.43. The molecule has 0 spiro atoms. The van der Waals surface area contributed by atoms with E-state index in [2.05, 4.69) is 5.32 Å². The third-order valence-electron chi connectivity index (χ3n) is 4.55. The van der Waals surface area contributed by atoms with E-state index >= 15 is 0 Å². The van der Waals surface area contributed by atoms with Crippen LogP contribution in [0, 0.1) is 0 Å². The van der Waals surface area contributed by atoms with E-state index in [0.29, 0.717) is 24.5 Å². The second-order valence-electron chi connectivity index (χ2n) is 6.46. The molecule has 0 aliphatic rings. The van der Waals surface area contributed by atoms with Crippen LogP contribution in [0.2, 0.25) is 5.02 Å². The maximum Gasteiger partial charge on any atom is 0.242 e. The van der Waals surface area contributed by atoms with Gasteiger partial charge in [0.2, 0.25) is 11.8 Å². The van der Waals surface area contributed by atoms with Crippen molar-refractivity contribution < 1.29 is 14.3 Å². The summed E-state index contributed by atoms with van der Waals surface area (Å²) in [6, 6.07) is 14.2. The smallest absolute Gasteiger partial charge is 0.242 e. The quantitative estimate of drug-likeness (QED) is 0.693. The number of nitrogens with one attached hydrogen (secondary N) is 1. The zero-order chi connectivity index (χ0) is 20.5. The van der Waals surface area contributed by atoms with Gasteiger partial charge in [0.1, 0.15) is 11.8 Å². The van der Waals surface area contributed by atoms with Gasteiger partial charge < -0.3 is 15.0 Å². The Kier molecular flexibility index (Phi) is 8.33. The summed E-state index contributed by atoms with van der Waals surface area (Å²) in [7, 11) is 1.61. The number of carbonyl (C=O) groups excluding carboxylic acids is 2. The highest BCUT2D eigenvalue weighted by Crippen LogP contribution is 2.20. The van der Waals surface area contributed by atoms with E-state index in [4.69, 9.17) is 16.3 Å². The number of ether oxygens (including phenoxy) is 1. The van der Waals surface area contributed by atoms with Gasteiger partial charge in [-0.05, 0) is 42.7 Å². The molecule has 2 rings (SSSR count). The standard InChI is InChI=1S/C22H27ClN2O3/c1-4-20(22(27)24-5-2)25(15-16-10-12-18(28-3)13-11-16)21(26)14-17-8-6-7-9-19(17)23/h6-13,20H,4-5,14-15H2,1-3H3,(H,24,27)/t20-/m0/s1. The van der Waals surface area contributed by atoms with Gasteiger partial charge in [0, 0.05) is 18.1 Å². The second kappa shape index (κ2) is 10.7. The van der Waals surface area contributed by atoms with Crippen LogP contribution in [0.4, 0.5) is 0 Å². The maximum atomic E-state index is 13.2. The average molecular weight is 403 g/mol. The van der Waals surface area contributed by atoms with Gasteiger partial charge in [-0.2, -0.15) is 0 Å². The van der Waals surface area contributed by atoms with E-state index in [9.17, 15) is 9.59 Å². The molecule has 0 heterocycles. The molecular formula is C22H27ClN2O3. The van der Waals surface area contributed by atoms with Gasteiger partial charge in [0.25, 0.3) is 0 Å². The van der Waals surface area contributed by atoms with Crippen LogP contribution in [0.15, 0.2) is 48.5 Å². The Bertz CT molecular complexity index is 793. The van der Waals surface area contributed by atoms with E-state index < -0.39 is 6.04 Å². The van der Waals surface area contributed by atoms with E-state index in [0.717, 1.165) is 16.9 Å². The molecule has 150 valence electrons. The molecule has 5 nitrogen and oxygen atoms in total. The summed E-state index contributed by atoms with van der Waals surface area (Å²) >= 11 is 6.23. The first kappa shape index (κ1) is 21.8. The Morgan fingerprint density at radius 3 is 2.36 bits per heavy atom. The SMILES string of the molecule is CCNC(=O)[C@H](CC)N(Cc1ccc(OC)cc1)C(=O)Cc1ccccc1Cl. The second-order valence-corrected chi connectivity index (χ2v) is 6.86. The van der Waals surface area contributed by atoms with Crippen LogP contribution in [0.1, 0.15) is 31.4 Å². The molecule has 0 fully saturated rings. The molecule has 2 amide bonds. The van der Waals surface area contributed by atoms with E-state index in [1.807, 2.05) is 56.3 Å². The number of hydrogen-bond acceptors (Lipinski definition) is 3. The summed E-state index contributed by atoms with van der Waals surface area (Å²) in [5.41, 5.74) is 1.68. The molecule has 0 aliphatic heterocycles. The number of halogens is 1. The Labute approximate surface area is 171 Å². The van der Waals surface area contributed by atoms with Crippen LogP contribution in [-0.4, -0.2) is 36.4 Å². The molecule has 0 unspecified atom stereocenters. The number of amides is 2. The number of benzene rings is 2. The summed E-state index contributed by atoms with van der Waals surface area (Å²) in [6.45, 7) is 4.63. The van der Waals surface area contributed by atoms with Gasteiger partial charge in [-0.25, -0.2) is 0 Å². The van der Waals surface area contributed by atoms with Crippen LogP contribution in [-0.2, 0) is 22.6 Å². The van der Waals surface area contributed by atoms with Crippen molar-refractivity contribution in [3.63, 3.8) is 0 Å². The van der Waals surface area contributed by atoms with Crippen molar-refractivity contribution in [1.29, 1.82) is 0 Å². The molecule has 0 saturated carbocycles. The van der Waals surface area contributed by atoms with E-state index in [-0.39, 0.29) is 18.2 Å². The molecule has 0 saturated heterocycles. The molecule has 1 N–H and O–H groups in total. The zero-order valence-electron chi connectivity index (χ0n) is 16.6. The molecule has 0 aromatic heterocycles. The Balaban J connectivity index is 2.29. The van der Waals surface area contributed by atoms with E-state index in [1.165, 1.54) is 0 Å². The van der Waals surface area contributed by atoms with Crippen LogP contribution in [0.25, 0.3) is 0 Å². The summed E-state index contributed by atoms with van der Waals surface area (Å²) in [4.78, 5) is 27.4. The van der Waals surface area contributed by atoms with Gasteiger partial charge in [-0.3, -0.25) is 9.59 Å². The van der Waals surface area contributed by atoms with Crippen molar-refractivity contribution in [2.45, 2.75) is 39.3 Å². The summed E-state index contributed by atoms with van der Waals surface area (Å²) < 4.78 is 5.19. The van der Waals surface area contributed by atoms with Crippen LogP contribution in [0.3, 0.4) is 0 Å². The molecule has 28 heavy (non-hydrogen) atoms. The molecule has 6 heteroatoms. The van der Waals surface area contributed by atoms with E-state index in [1.54, 1.807) is 18.1 Å². The van der Waals surface area contributed by atoms with Gasteiger partial charge >= 0.3 is 0 Å². The van der Waals surface area contributed by atoms with Crippen molar-refractivity contribution in [2.75, 3.05) is 13.7 Å². The van der Waals surface area contributed by atoms with Gasteiger partial charge in [0.15, 0.2) is 0 Å². The molecule has 0 bridgehead atoms.